The van der Waals surface area contributed by atoms with Gasteiger partial charge in [-0.2, -0.15) is 0 Å². The minimum Gasteiger partial charge on any atom is -0.497 e. The third kappa shape index (κ3) is 3.87. The van der Waals surface area contributed by atoms with Crippen LogP contribution in [-0.2, 0) is 5.75 Å². The number of rotatable bonds is 6. The highest BCUT2D eigenvalue weighted by molar-refractivity contribution is 7.98. The number of hydrogen-bond donors (Lipinski definition) is 0. The quantitative estimate of drug-likeness (QED) is 0.574. The second kappa shape index (κ2) is 7.15. The Labute approximate surface area is 124 Å². The molecule has 0 spiro atoms. The van der Waals surface area contributed by atoms with E-state index < -0.39 is 0 Å². The molecule has 0 aromatic heterocycles. The maximum atomic E-state index is 11.6. The predicted molar refractivity (Wildman–Crippen MR) is 83.6 cm³/mol. The summed E-state index contributed by atoms with van der Waals surface area (Å²) in [7, 11) is 1.68. The van der Waals surface area contributed by atoms with E-state index in [-0.39, 0.29) is 5.78 Å². The van der Waals surface area contributed by atoms with Gasteiger partial charge in [0.05, 0.1) is 7.11 Å². The highest BCUT2D eigenvalue weighted by Gasteiger charge is 2.03. The highest BCUT2D eigenvalue weighted by atomic mass is 32.2. The van der Waals surface area contributed by atoms with Crippen LogP contribution in [0.5, 0.6) is 5.75 Å². The number of ether oxygens (including phenoxy) is 1. The maximum Gasteiger partial charge on any atom is 0.162 e. The van der Waals surface area contributed by atoms with Gasteiger partial charge in [-0.1, -0.05) is 31.2 Å². The first-order valence-corrected chi connectivity index (χ1v) is 7.60. The Kier molecular flexibility index (Phi) is 5.24. The van der Waals surface area contributed by atoms with Gasteiger partial charge in [-0.15, -0.1) is 11.8 Å². The molecule has 2 rings (SSSR count). The molecule has 20 heavy (non-hydrogen) atoms. The fourth-order valence-electron chi connectivity index (χ4n) is 1.87. The zero-order valence-electron chi connectivity index (χ0n) is 11.8. The van der Waals surface area contributed by atoms with E-state index in [0.29, 0.717) is 6.42 Å². The molecule has 2 aromatic rings. The minimum atomic E-state index is 0.189. The summed E-state index contributed by atoms with van der Waals surface area (Å²) in [6, 6.07) is 15.9. The number of carbonyl (C=O) groups is 1. The fourth-order valence-corrected chi connectivity index (χ4v) is 2.71. The largest absolute Gasteiger partial charge is 0.497 e. The van der Waals surface area contributed by atoms with Crippen LogP contribution < -0.4 is 4.74 Å². The number of Topliss-reactive ketones (excluding diaryl/α,β-unsaturated/α-hetero) is 1. The van der Waals surface area contributed by atoms with Gasteiger partial charge in [0.2, 0.25) is 0 Å². The number of hydrogen-bond acceptors (Lipinski definition) is 3. The summed E-state index contributed by atoms with van der Waals surface area (Å²) in [6.07, 6.45) is 0.552. The van der Waals surface area contributed by atoms with Crippen LogP contribution in [0.2, 0.25) is 0 Å². The van der Waals surface area contributed by atoms with Gasteiger partial charge in [0.15, 0.2) is 5.78 Å². The molecule has 0 heterocycles. The van der Waals surface area contributed by atoms with Crippen molar-refractivity contribution in [2.24, 2.45) is 0 Å². The topological polar surface area (TPSA) is 26.3 Å². The van der Waals surface area contributed by atoms with Gasteiger partial charge in [-0.05, 0) is 29.8 Å². The average Bonchev–Trinajstić information content (AvgIpc) is 2.53. The van der Waals surface area contributed by atoms with Crippen molar-refractivity contribution >= 4 is 17.5 Å². The second-order valence-corrected chi connectivity index (χ2v) is 5.49. The van der Waals surface area contributed by atoms with Crippen molar-refractivity contribution in [3.8, 4) is 5.75 Å². The number of methoxy groups -OCH3 is 1. The lowest BCUT2D eigenvalue weighted by Crippen LogP contribution is -1.95. The Bertz CT molecular complexity index is 576. The average molecular weight is 286 g/mol. The summed E-state index contributed by atoms with van der Waals surface area (Å²) in [5, 5.41) is 0. The van der Waals surface area contributed by atoms with Crippen LogP contribution in [0.1, 0.15) is 29.3 Å². The lowest BCUT2D eigenvalue weighted by molar-refractivity contribution is 0.0988. The molecular weight excluding hydrogens is 268 g/mol. The normalized spacial score (nSPS) is 10.3. The van der Waals surface area contributed by atoms with E-state index in [1.54, 1.807) is 18.9 Å². The fraction of sp³-hybridized carbons (Fsp3) is 0.235. The van der Waals surface area contributed by atoms with E-state index in [9.17, 15) is 4.79 Å². The van der Waals surface area contributed by atoms with E-state index in [4.69, 9.17) is 4.74 Å². The van der Waals surface area contributed by atoms with E-state index in [1.165, 1.54) is 10.5 Å². The van der Waals surface area contributed by atoms with Gasteiger partial charge in [0, 0.05) is 22.6 Å². The highest BCUT2D eigenvalue weighted by Crippen LogP contribution is 2.25. The summed E-state index contributed by atoms with van der Waals surface area (Å²) in [6.45, 7) is 1.88. The van der Waals surface area contributed by atoms with Crippen molar-refractivity contribution in [3.05, 3.63) is 59.7 Å². The molecule has 104 valence electrons. The van der Waals surface area contributed by atoms with Gasteiger partial charge >= 0.3 is 0 Å². The van der Waals surface area contributed by atoms with Gasteiger partial charge < -0.3 is 4.74 Å². The van der Waals surface area contributed by atoms with Gasteiger partial charge in [0.25, 0.3) is 0 Å². The summed E-state index contributed by atoms with van der Waals surface area (Å²) in [4.78, 5) is 12.7. The molecule has 0 aliphatic carbocycles. The van der Waals surface area contributed by atoms with Crippen LogP contribution in [0.25, 0.3) is 0 Å². The first-order valence-electron chi connectivity index (χ1n) is 6.62. The van der Waals surface area contributed by atoms with Crippen molar-refractivity contribution < 1.29 is 9.53 Å². The molecule has 0 aliphatic rings. The van der Waals surface area contributed by atoms with Gasteiger partial charge in [-0.25, -0.2) is 0 Å². The van der Waals surface area contributed by atoms with Crippen LogP contribution in [0.4, 0.5) is 0 Å². The van der Waals surface area contributed by atoms with E-state index in [0.717, 1.165) is 17.1 Å². The minimum absolute atomic E-state index is 0.189. The van der Waals surface area contributed by atoms with Gasteiger partial charge in [0.1, 0.15) is 5.75 Å². The molecule has 0 amide bonds. The second-order valence-electron chi connectivity index (χ2n) is 4.44. The lowest BCUT2D eigenvalue weighted by Gasteiger charge is -2.05. The lowest BCUT2D eigenvalue weighted by atomic mass is 10.1. The first-order chi connectivity index (χ1) is 9.72. The molecule has 2 aromatic carbocycles. The summed E-state index contributed by atoms with van der Waals surface area (Å²) < 4.78 is 5.21. The van der Waals surface area contributed by atoms with Gasteiger partial charge in [-0.3, -0.25) is 4.79 Å². The summed E-state index contributed by atoms with van der Waals surface area (Å²) in [5.41, 5.74) is 2.02. The Morgan fingerprint density at radius 2 is 1.90 bits per heavy atom. The van der Waals surface area contributed by atoms with Crippen LogP contribution >= 0.6 is 11.8 Å². The third-order valence-electron chi connectivity index (χ3n) is 3.04. The Hall–Kier alpha value is -1.74. The number of carbonyl (C=O) groups excluding carboxylic acids is 1. The first kappa shape index (κ1) is 14.7. The number of ketones is 1. The zero-order valence-corrected chi connectivity index (χ0v) is 12.6. The Balaban J connectivity index is 1.98. The zero-order chi connectivity index (χ0) is 14.4. The van der Waals surface area contributed by atoms with Crippen molar-refractivity contribution in [2.75, 3.05) is 7.11 Å². The van der Waals surface area contributed by atoms with E-state index >= 15 is 0 Å². The molecule has 3 heteroatoms. The SMILES string of the molecule is CCC(=O)c1ccc(SCc2cccc(OC)c2)cc1. The maximum absolute atomic E-state index is 11.6. The summed E-state index contributed by atoms with van der Waals surface area (Å²) in [5.74, 6) is 1.96. The molecule has 0 bridgehead atoms. The van der Waals surface area contributed by atoms with E-state index in [1.807, 2.05) is 49.4 Å². The van der Waals surface area contributed by atoms with E-state index in [2.05, 4.69) is 6.07 Å². The molecule has 0 N–H and O–H groups in total. The molecule has 0 fully saturated rings. The smallest absolute Gasteiger partial charge is 0.162 e. The Morgan fingerprint density at radius 1 is 1.15 bits per heavy atom. The molecule has 0 saturated heterocycles. The molecular formula is C17H18O2S. The molecule has 0 atom stereocenters. The molecule has 0 saturated carbocycles. The van der Waals surface area contributed by atoms with Crippen molar-refractivity contribution in [1.82, 2.24) is 0 Å². The van der Waals surface area contributed by atoms with Crippen molar-refractivity contribution in [1.29, 1.82) is 0 Å². The Morgan fingerprint density at radius 3 is 2.55 bits per heavy atom. The van der Waals surface area contributed by atoms with Crippen molar-refractivity contribution in [2.45, 2.75) is 24.0 Å². The molecule has 0 radical (unpaired) electrons. The number of thioether (sulfide) groups is 1. The van der Waals surface area contributed by atoms with Crippen molar-refractivity contribution in [3.63, 3.8) is 0 Å². The predicted octanol–water partition coefficient (Wildman–Crippen LogP) is 4.58. The number of benzene rings is 2. The standard InChI is InChI=1S/C17H18O2S/c1-3-17(18)14-7-9-16(10-8-14)20-12-13-5-4-6-15(11-13)19-2/h4-11H,3,12H2,1-2H3. The molecule has 0 aliphatic heterocycles. The molecule has 0 unspecified atom stereocenters. The van der Waals surface area contributed by atoms with Crippen LogP contribution in [0.3, 0.4) is 0 Å². The monoisotopic (exact) mass is 286 g/mol. The van der Waals surface area contributed by atoms with Crippen LogP contribution in [0.15, 0.2) is 53.4 Å². The van der Waals surface area contributed by atoms with Crippen LogP contribution in [-0.4, -0.2) is 12.9 Å². The molecule has 2 nitrogen and oxygen atoms in total. The van der Waals surface area contributed by atoms with Crippen LogP contribution in [0, 0.1) is 0 Å². The summed E-state index contributed by atoms with van der Waals surface area (Å²) >= 11 is 1.75. The third-order valence-corrected chi connectivity index (χ3v) is 4.12.